The average Bonchev–Trinajstić information content (AvgIpc) is 2.99. The predicted octanol–water partition coefficient (Wildman–Crippen LogP) is 1.38. The van der Waals surface area contributed by atoms with Crippen molar-refractivity contribution in [1.29, 1.82) is 0 Å². The van der Waals surface area contributed by atoms with Gasteiger partial charge in [-0.2, -0.15) is 0 Å². The molecule has 82 valence electrons. The molecule has 14 heavy (non-hydrogen) atoms. The van der Waals surface area contributed by atoms with E-state index in [1.54, 1.807) is 0 Å². The Hall–Kier alpha value is -0.350. The monoisotopic (exact) mass is 216 g/mol. The van der Waals surface area contributed by atoms with Gasteiger partial charge in [-0.1, -0.05) is 0 Å². The van der Waals surface area contributed by atoms with E-state index in [1.165, 1.54) is 12.8 Å². The van der Waals surface area contributed by atoms with Gasteiger partial charge in [-0.3, -0.25) is 0 Å². The van der Waals surface area contributed by atoms with Crippen molar-refractivity contribution >= 4 is 17.3 Å². The molecule has 4 heteroatoms. The van der Waals surface area contributed by atoms with Gasteiger partial charge in [0.1, 0.15) is 0 Å². The molecule has 0 unspecified atom stereocenters. The lowest BCUT2D eigenvalue weighted by molar-refractivity contribution is 0.145. The average molecular weight is 216 g/mol. The minimum absolute atomic E-state index is 0.696. The van der Waals surface area contributed by atoms with Crippen molar-refractivity contribution < 1.29 is 4.74 Å². The third kappa shape index (κ3) is 4.24. The summed E-state index contributed by atoms with van der Waals surface area (Å²) in [5.74, 6) is 0. The standard InChI is InChI=1S/C10H20N2OS/c1-3-13-8-4-7-11-10(14)12(2)9-5-6-9/h9H,3-8H2,1-2H3,(H,11,14). The van der Waals surface area contributed by atoms with E-state index in [-0.39, 0.29) is 0 Å². The zero-order valence-electron chi connectivity index (χ0n) is 9.08. The van der Waals surface area contributed by atoms with Gasteiger partial charge in [0.2, 0.25) is 0 Å². The van der Waals surface area contributed by atoms with Crippen LogP contribution >= 0.6 is 12.2 Å². The van der Waals surface area contributed by atoms with Gasteiger partial charge < -0.3 is 15.0 Å². The summed E-state index contributed by atoms with van der Waals surface area (Å²) in [6, 6.07) is 0.696. The first-order chi connectivity index (χ1) is 6.75. The molecular formula is C10H20N2OS. The molecule has 0 aliphatic heterocycles. The van der Waals surface area contributed by atoms with E-state index in [1.807, 2.05) is 6.92 Å². The van der Waals surface area contributed by atoms with E-state index >= 15 is 0 Å². The van der Waals surface area contributed by atoms with Gasteiger partial charge in [-0.05, 0) is 38.4 Å². The third-order valence-electron chi connectivity index (χ3n) is 2.36. The minimum atomic E-state index is 0.696. The van der Waals surface area contributed by atoms with Gasteiger partial charge in [-0.25, -0.2) is 0 Å². The molecule has 3 nitrogen and oxygen atoms in total. The molecule has 0 atom stereocenters. The molecule has 1 aliphatic rings. The van der Waals surface area contributed by atoms with E-state index in [0.717, 1.165) is 31.3 Å². The Morgan fingerprint density at radius 3 is 2.86 bits per heavy atom. The molecule has 0 saturated heterocycles. The second-order valence-electron chi connectivity index (χ2n) is 3.62. The number of ether oxygens (including phenoxy) is 1. The normalized spacial score (nSPS) is 15.3. The van der Waals surface area contributed by atoms with Gasteiger partial charge in [-0.15, -0.1) is 0 Å². The second kappa shape index (κ2) is 6.19. The lowest BCUT2D eigenvalue weighted by Crippen LogP contribution is -2.38. The SMILES string of the molecule is CCOCCCNC(=S)N(C)C1CC1. The number of hydrogen-bond acceptors (Lipinski definition) is 2. The fourth-order valence-electron chi connectivity index (χ4n) is 1.27. The Kier molecular flexibility index (Phi) is 5.19. The fraction of sp³-hybridized carbons (Fsp3) is 0.900. The van der Waals surface area contributed by atoms with Crippen LogP contribution in [-0.4, -0.2) is 42.9 Å². The van der Waals surface area contributed by atoms with E-state index in [9.17, 15) is 0 Å². The van der Waals surface area contributed by atoms with Crippen molar-refractivity contribution in [3.8, 4) is 0 Å². The van der Waals surface area contributed by atoms with Crippen LogP contribution in [0.15, 0.2) is 0 Å². The van der Waals surface area contributed by atoms with Crippen molar-refractivity contribution in [1.82, 2.24) is 10.2 Å². The number of nitrogens with zero attached hydrogens (tertiary/aromatic N) is 1. The van der Waals surface area contributed by atoms with Crippen LogP contribution in [-0.2, 0) is 4.74 Å². The minimum Gasteiger partial charge on any atom is -0.382 e. The summed E-state index contributed by atoms with van der Waals surface area (Å²) >= 11 is 5.24. The molecule has 0 radical (unpaired) electrons. The van der Waals surface area contributed by atoms with Crippen LogP contribution in [0.5, 0.6) is 0 Å². The molecule has 1 aliphatic carbocycles. The number of hydrogen-bond donors (Lipinski definition) is 1. The molecule has 1 N–H and O–H groups in total. The molecule has 0 bridgehead atoms. The van der Waals surface area contributed by atoms with Gasteiger partial charge in [0.05, 0.1) is 0 Å². The maximum Gasteiger partial charge on any atom is 0.168 e. The van der Waals surface area contributed by atoms with Gasteiger partial charge in [0.15, 0.2) is 5.11 Å². The predicted molar refractivity (Wildman–Crippen MR) is 62.5 cm³/mol. The highest BCUT2D eigenvalue weighted by atomic mass is 32.1. The molecule has 1 rings (SSSR count). The smallest absolute Gasteiger partial charge is 0.168 e. The molecule has 0 spiro atoms. The van der Waals surface area contributed by atoms with E-state index in [0.29, 0.717) is 6.04 Å². The summed E-state index contributed by atoms with van der Waals surface area (Å²) in [5.41, 5.74) is 0. The summed E-state index contributed by atoms with van der Waals surface area (Å²) in [5, 5.41) is 4.12. The topological polar surface area (TPSA) is 24.5 Å². The Bertz CT molecular complexity index is 183. The number of thiocarbonyl (C=S) groups is 1. The van der Waals surface area contributed by atoms with Crippen LogP contribution in [0.25, 0.3) is 0 Å². The Morgan fingerprint density at radius 1 is 1.57 bits per heavy atom. The van der Waals surface area contributed by atoms with Crippen molar-refractivity contribution in [3.05, 3.63) is 0 Å². The molecule has 0 amide bonds. The molecule has 0 aromatic carbocycles. The summed E-state index contributed by atoms with van der Waals surface area (Å²) < 4.78 is 5.24. The van der Waals surface area contributed by atoms with E-state index in [2.05, 4.69) is 17.3 Å². The lowest BCUT2D eigenvalue weighted by atomic mass is 10.4. The zero-order valence-corrected chi connectivity index (χ0v) is 9.90. The van der Waals surface area contributed by atoms with Crippen molar-refractivity contribution in [2.45, 2.75) is 32.2 Å². The van der Waals surface area contributed by atoms with Gasteiger partial charge in [0.25, 0.3) is 0 Å². The second-order valence-corrected chi connectivity index (χ2v) is 4.01. The third-order valence-corrected chi connectivity index (χ3v) is 2.79. The molecule has 0 aromatic heterocycles. The summed E-state index contributed by atoms with van der Waals surface area (Å²) in [4.78, 5) is 2.16. The molecule has 0 heterocycles. The van der Waals surface area contributed by atoms with Crippen molar-refractivity contribution in [2.24, 2.45) is 0 Å². The van der Waals surface area contributed by atoms with Crippen molar-refractivity contribution in [3.63, 3.8) is 0 Å². The van der Waals surface area contributed by atoms with Gasteiger partial charge in [0, 0.05) is 32.8 Å². The van der Waals surface area contributed by atoms with Crippen LogP contribution in [0.3, 0.4) is 0 Å². The maximum absolute atomic E-state index is 5.24. The highest BCUT2D eigenvalue weighted by molar-refractivity contribution is 7.80. The Morgan fingerprint density at radius 2 is 2.29 bits per heavy atom. The quantitative estimate of drug-likeness (QED) is 0.535. The van der Waals surface area contributed by atoms with Crippen LogP contribution in [0.4, 0.5) is 0 Å². The summed E-state index contributed by atoms with van der Waals surface area (Å²) in [6.45, 7) is 4.54. The molecule has 1 fully saturated rings. The van der Waals surface area contributed by atoms with Crippen LogP contribution in [0.1, 0.15) is 26.2 Å². The molecular weight excluding hydrogens is 196 g/mol. The highest BCUT2D eigenvalue weighted by Crippen LogP contribution is 2.25. The largest absolute Gasteiger partial charge is 0.382 e. The number of rotatable bonds is 6. The van der Waals surface area contributed by atoms with Crippen LogP contribution in [0.2, 0.25) is 0 Å². The molecule has 1 saturated carbocycles. The lowest BCUT2D eigenvalue weighted by Gasteiger charge is -2.20. The molecule has 0 aromatic rings. The van der Waals surface area contributed by atoms with Crippen LogP contribution in [0, 0.1) is 0 Å². The summed E-state index contributed by atoms with van der Waals surface area (Å²) in [7, 11) is 2.07. The summed E-state index contributed by atoms with van der Waals surface area (Å²) in [6.07, 6.45) is 3.60. The Balaban J connectivity index is 1.97. The first kappa shape index (κ1) is 11.7. The highest BCUT2D eigenvalue weighted by Gasteiger charge is 2.27. The number of nitrogens with one attached hydrogen (secondary N) is 1. The fourth-order valence-corrected chi connectivity index (χ4v) is 1.52. The van der Waals surface area contributed by atoms with Crippen LogP contribution < -0.4 is 5.32 Å². The van der Waals surface area contributed by atoms with E-state index < -0.39 is 0 Å². The van der Waals surface area contributed by atoms with Crippen molar-refractivity contribution in [2.75, 3.05) is 26.8 Å². The Labute approximate surface area is 91.8 Å². The maximum atomic E-state index is 5.24. The first-order valence-electron chi connectivity index (χ1n) is 5.34. The van der Waals surface area contributed by atoms with Gasteiger partial charge >= 0.3 is 0 Å². The van der Waals surface area contributed by atoms with E-state index in [4.69, 9.17) is 17.0 Å². The first-order valence-corrected chi connectivity index (χ1v) is 5.75. The zero-order chi connectivity index (χ0) is 10.4.